The smallest absolute Gasteiger partial charge is 0.0373 e. The summed E-state index contributed by atoms with van der Waals surface area (Å²) in [6.07, 6.45) is 6.76. The van der Waals surface area contributed by atoms with Crippen LogP contribution in [0.15, 0.2) is 18.2 Å². The molecule has 1 aromatic rings. The van der Waals surface area contributed by atoms with Crippen LogP contribution in [0, 0.1) is 18.8 Å². The third-order valence-electron chi connectivity index (χ3n) is 5.48. The zero-order valence-electron chi connectivity index (χ0n) is 13.9. The van der Waals surface area contributed by atoms with Crippen LogP contribution in [-0.4, -0.2) is 19.1 Å². The van der Waals surface area contributed by atoms with Crippen molar-refractivity contribution in [3.05, 3.63) is 23.8 Å². The molecule has 1 aliphatic heterocycles. The quantitative estimate of drug-likeness (QED) is 0.856. The molecule has 2 fully saturated rings. The lowest BCUT2D eigenvalue weighted by molar-refractivity contribution is 0.280. The minimum Gasteiger partial charge on any atom is -0.382 e. The Hall–Kier alpha value is -1.18. The van der Waals surface area contributed by atoms with Gasteiger partial charge in [-0.2, -0.15) is 0 Å². The molecule has 3 atom stereocenters. The lowest BCUT2D eigenvalue weighted by Crippen LogP contribution is -2.33. The van der Waals surface area contributed by atoms with Crippen molar-refractivity contribution in [2.45, 2.75) is 58.9 Å². The number of anilines is 2. The minimum atomic E-state index is 0.644. The van der Waals surface area contributed by atoms with Crippen molar-refractivity contribution >= 4 is 11.4 Å². The number of hydrogen-bond acceptors (Lipinski definition) is 2. The fraction of sp³-hybridized carbons (Fsp3) is 0.684. The van der Waals surface area contributed by atoms with E-state index >= 15 is 0 Å². The first-order chi connectivity index (χ1) is 10.1. The maximum absolute atomic E-state index is 3.83. The van der Waals surface area contributed by atoms with Crippen LogP contribution in [-0.2, 0) is 0 Å². The predicted molar refractivity (Wildman–Crippen MR) is 92.2 cm³/mol. The first-order valence-corrected chi connectivity index (χ1v) is 8.75. The lowest BCUT2D eigenvalue weighted by Gasteiger charge is -2.34. The summed E-state index contributed by atoms with van der Waals surface area (Å²) in [6.45, 7) is 9.49. The molecule has 0 aromatic heterocycles. The van der Waals surface area contributed by atoms with Crippen LogP contribution in [0.2, 0.25) is 0 Å². The molecule has 2 heteroatoms. The Morgan fingerprint density at radius 2 is 1.86 bits per heavy atom. The Morgan fingerprint density at radius 1 is 1.10 bits per heavy atom. The molecule has 2 nitrogen and oxygen atoms in total. The molecule has 0 bridgehead atoms. The van der Waals surface area contributed by atoms with Gasteiger partial charge in [-0.1, -0.05) is 20.3 Å². The summed E-state index contributed by atoms with van der Waals surface area (Å²) in [7, 11) is 0. The number of benzene rings is 1. The molecule has 2 aliphatic rings. The van der Waals surface area contributed by atoms with Crippen LogP contribution in [0.4, 0.5) is 11.4 Å². The molecule has 21 heavy (non-hydrogen) atoms. The van der Waals surface area contributed by atoms with Crippen molar-refractivity contribution in [3.8, 4) is 0 Å². The van der Waals surface area contributed by atoms with Crippen LogP contribution >= 0.6 is 0 Å². The van der Waals surface area contributed by atoms with E-state index < -0.39 is 0 Å². The number of nitrogens with zero attached hydrogens (tertiary/aromatic N) is 1. The van der Waals surface area contributed by atoms with Gasteiger partial charge in [0, 0.05) is 30.5 Å². The number of aryl methyl sites for hydroxylation is 1. The zero-order chi connectivity index (χ0) is 14.8. The van der Waals surface area contributed by atoms with Gasteiger partial charge in [0.2, 0.25) is 0 Å². The molecule has 1 saturated carbocycles. The Bertz CT molecular complexity index is 476. The van der Waals surface area contributed by atoms with Crippen LogP contribution in [0.1, 0.15) is 51.5 Å². The van der Waals surface area contributed by atoms with Gasteiger partial charge in [0.25, 0.3) is 0 Å². The van der Waals surface area contributed by atoms with Crippen LogP contribution < -0.4 is 10.2 Å². The third kappa shape index (κ3) is 3.36. The van der Waals surface area contributed by atoms with Gasteiger partial charge in [-0.05, 0) is 68.2 Å². The van der Waals surface area contributed by atoms with E-state index in [1.807, 2.05) is 0 Å². The van der Waals surface area contributed by atoms with Gasteiger partial charge in [0.05, 0.1) is 0 Å². The second kappa shape index (κ2) is 6.29. The Kier molecular flexibility index (Phi) is 4.42. The highest BCUT2D eigenvalue weighted by molar-refractivity contribution is 5.61. The molecule has 1 saturated heterocycles. The predicted octanol–water partition coefficient (Wildman–Crippen LogP) is 4.83. The Morgan fingerprint density at radius 3 is 2.57 bits per heavy atom. The van der Waals surface area contributed by atoms with Crippen LogP contribution in [0.5, 0.6) is 0 Å². The molecule has 0 spiro atoms. The van der Waals surface area contributed by atoms with Crippen LogP contribution in [0.3, 0.4) is 0 Å². The average Bonchev–Trinajstić information content (AvgIpc) is 2.99. The molecular weight excluding hydrogens is 256 g/mol. The minimum absolute atomic E-state index is 0.644. The number of rotatable bonds is 3. The van der Waals surface area contributed by atoms with Gasteiger partial charge in [0.15, 0.2) is 0 Å². The van der Waals surface area contributed by atoms with E-state index in [-0.39, 0.29) is 0 Å². The van der Waals surface area contributed by atoms with E-state index in [2.05, 4.69) is 49.2 Å². The maximum atomic E-state index is 3.83. The standard InChI is InChI=1S/C19H30N2/c1-14-6-7-15(2)19(12-14)20-18-9-8-17(13-16(18)3)21-10-4-5-11-21/h8-9,13-15,19-20H,4-7,10-12H2,1-3H3. The highest BCUT2D eigenvalue weighted by Crippen LogP contribution is 2.32. The molecule has 116 valence electrons. The normalized spacial score (nSPS) is 29.7. The molecule has 0 radical (unpaired) electrons. The summed E-state index contributed by atoms with van der Waals surface area (Å²) in [5, 5.41) is 3.83. The van der Waals surface area contributed by atoms with E-state index in [0.717, 1.165) is 11.8 Å². The molecule has 1 N–H and O–H groups in total. The average molecular weight is 286 g/mol. The summed E-state index contributed by atoms with van der Waals surface area (Å²) in [4.78, 5) is 2.52. The lowest BCUT2D eigenvalue weighted by atomic mass is 9.80. The molecular formula is C19H30N2. The van der Waals surface area contributed by atoms with Gasteiger partial charge in [-0.25, -0.2) is 0 Å². The molecule has 0 amide bonds. The summed E-state index contributed by atoms with van der Waals surface area (Å²) >= 11 is 0. The summed E-state index contributed by atoms with van der Waals surface area (Å²) in [6, 6.07) is 7.61. The van der Waals surface area contributed by atoms with Gasteiger partial charge < -0.3 is 10.2 Å². The van der Waals surface area contributed by atoms with E-state index in [1.165, 1.54) is 62.1 Å². The topological polar surface area (TPSA) is 15.3 Å². The molecule has 1 aliphatic carbocycles. The first kappa shape index (κ1) is 14.7. The molecule has 3 rings (SSSR count). The third-order valence-corrected chi connectivity index (χ3v) is 5.48. The summed E-state index contributed by atoms with van der Waals surface area (Å²) in [5.41, 5.74) is 4.13. The van der Waals surface area contributed by atoms with Crippen molar-refractivity contribution in [3.63, 3.8) is 0 Å². The second-order valence-electron chi connectivity index (χ2n) is 7.34. The van der Waals surface area contributed by atoms with Crippen molar-refractivity contribution in [1.82, 2.24) is 0 Å². The zero-order valence-corrected chi connectivity index (χ0v) is 13.9. The van der Waals surface area contributed by atoms with Crippen molar-refractivity contribution in [2.75, 3.05) is 23.3 Å². The fourth-order valence-corrected chi connectivity index (χ4v) is 3.91. The van der Waals surface area contributed by atoms with E-state index in [0.29, 0.717) is 6.04 Å². The number of hydrogen-bond donors (Lipinski definition) is 1. The molecule has 3 unspecified atom stereocenters. The first-order valence-electron chi connectivity index (χ1n) is 8.75. The van der Waals surface area contributed by atoms with Crippen molar-refractivity contribution in [2.24, 2.45) is 11.8 Å². The fourth-order valence-electron chi connectivity index (χ4n) is 3.91. The second-order valence-corrected chi connectivity index (χ2v) is 7.34. The summed E-state index contributed by atoms with van der Waals surface area (Å²) < 4.78 is 0. The van der Waals surface area contributed by atoms with Gasteiger partial charge in [0.1, 0.15) is 0 Å². The molecule has 1 heterocycles. The highest BCUT2D eigenvalue weighted by Gasteiger charge is 2.25. The van der Waals surface area contributed by atoms with Gasteiger partial charge >= 0.3 is 0 Å². The van der Waals surface area contributed by atoms with E-state index in [9.17, 15) is 0 Å². The monoisotopic (exact) mass is 286 g/mol. The Labute approximate surface area is 129 Å². The Balaban J connectivity index is 1.70. The summed E-state index contributed by atoms with van der Waals surface area (Å²) in [5.74, 6) is 1.65. The van der Waals surface area contributed by atoms with Crippen LogP contribution in [0.25, 0.3) is 0 Å². The van der Waals surface area contributed by atoms with Gasteiger partial charge in [-0.15, -0.1) is 0 Å². The maximum Gasteiger partial charge on any atom is 0.0373 e. The van der Waals surface area contributed by atoms with E-state index in [1.54, 1.807) is 0 Å². The molecule has 1 aromatic carbocycles. The van der Waals surface area contributed by atoms with Gasteiger partial charge in [-0.3, -0.25) is 0 Å². The van der Waals surface area contributed by atoms with Crippen molar-refractivity contribution in [1.29, 1.82) is 0 Å². The number of nitrogens with one attached hydrogen (secondary N) is 1. The highest BCUT2D eigenvalue weighted by atomic mass is 15.1. The SMILES string of the molecule is Cc1cc(N2CCCC2)ccc1NC1CC(C)CCC1C. The van der Waals surface area contributed by atoms with Crippen molar-refractivity contribution < 1.29 is 0 Å². The van der Waals surface area contributed by atoms with E-state index in [4.69, 9.17) is 0 Å². The largest absolute Gasteiger partial charge is 0.382 e.